The molecular formula is C16H35O3P+2. The molecule has 0 saturated heterocycles. The van der Waals surface area contributed by atoms with Gasteiger partial charge in [0.1, 0.15) is 13.2 Å². The molecule has 0 aromatic rings. The van der Waals surface area contributed by atoms with Crippen molar-refractivity contribution in [2.24, 2.45) is 11.8 Å². The molecule has 0 spiro atoms. The number of hydrogen-bond donors (Lipinski definition) is 0. The van der Waals surface area contributed by atoms with Crippen molar-refractivity contribution in [3.8, 4) is 0 Å². The number of unbranched alkanes of at least 4 members (excludes halogenated alkanes) is 2. The maximum atomic E-state index is 11.7. The molecule has 0 aliphatic carbocycles. The molecule has 0 aromatic carbocycles. The summed E-state index contributed by atoms with van der Waals surface area (Å²) in [7, 11) is -1.94. The summed E-state index contributed by atoms with van der Waals surface area (Å²) in [5.41, 5.74) is 0. The highest BCUT2D eigenvalue weighted by Gasteiger charge is 2.24. The molecule has 0 radical (unpaired) electrons. The van der Waals surface area contributed by atoms with Crippen molar-refractivity contribution in [2.45, 2.75) is 79.1 Å². The summed E-state index contributed by atoms with van der Waals surface area (Å²) in [4.78, 5) is 0. The monoisotopic (exact) mass is 306 g/mol. The van der Waals surface area contributed by atoms with Crippen molar-refractivity contribution in [2.75, 3.05) is 13.2 Å². The van der Waals surface area contributed by atoms with Gasteiger partial charge in [-0.3, -0.25) is 0 Å². The van der Waals surface area contributed by atoms with Crippen LogP contribution < -0.4 is 0 Å². The van der Waals surface area contributed by atoms with Gasteiger partial charge in [0.2, 0.25) is 0 Å². The van der Waals surface area contributed by atoms with E-state index < -0.39 is 8.25 Å². The molecule has 2 atom stereocenters. The van der Waals surface area contributed by atoms with Gasteiger partial charge >= 0.3 is 9.68 Å². The lowest BCUT2D eigenvalue weighted by Crippen LogP contribution is -2.08. The summed E-state index contributed by atoms with van der Waals surface area (Å²) < 4.78 is 22.5. The first-order chi connectivity index (χ1) is 9.67. The summed E-state index contributed by atoms with van der Waals surface area (Å²) in [5, 5.41) is 0. The molecule has 0 N–H and O–H groups in total. The van der Waals surface area contributed by atoms with Gasteiger partial charge < -0.3 is 0 Å². The van der Waals surface area contributed by atoms with Gasteiger partial charge in [0.25, 0.3) is 0 Å². The van der Waals surface area contributed by atoms with E-state index in [0.717, 1.165) is 25.7 Å². The molecule has 2 unspecified atom stereocenters. The van der Waals surface area contributed by atoms with Crippen LogP contribution in [0.25, 0.3) is 0 Å². The predicted molar refractivity (Wildman–Crippen MR) is 87.2 cm³/mol. The largest absolute Gasteiger partial charge is 1.00 e. The Hall–Kier alpha value is 0.0200. The van der Waals surface area contributed by atoms with Gasteiger partial charge in [0.05, 0.1) is 0 Å². The van der Waals surface area contributed by atoms with Crippen LogP contribution in [0.4, 0.5) is 0 Å². The van der Waals surface area contributed by atoms with Gasteiger partial charge in [-0.2, -0.15) is 0 Å². The maximum Gasteiger partial charge on any atom is 1.00 e. The second kappa shape index (κ2) is 14.0. The summed E-state index contributed by atoms with van der Waals surface area (Å²) in [5.74, 6) is 1.03. The zero-order valence-electron chi connectivity index (χ0n) is 14.9. The van der Waals surface area contributed by atoms with E-state index in [1.807, 2.05) is 0 Å². The fraction of sp³-hybridized carbons (Fsp3) is 1.00. The van der Waals surface area contributed by atoms with Crippen LogP contribution in [0, 0.1) is 11.8 Å². The van der Waals surface area contributed by atoms with Crippen molar-refractivity contribution >= 4 is 8.25 Å². The van der Waals surface area contributed by atoms with E-state index >= 15 is 0 Å². The lowest BCUT2D eigenvalue weighted by Gasteiger charge is -2.11. The third-order valence-corrected chi connectivity index (χ3v) is 4.64. The van der Waals surface area contributed by atoms with E-state index in [0.29, 0.717) is 25.0 Å². The second-order valence-corrected chi connectivity index (χ2v) is 6.61. The zero-order valence-corrected chi connectivity index (χ0v) is 14.8. The van der Waals surface area contributed by atoms with E-state index in [2.05, 4.69) is 27.7 Å². The Morgan fingerprint density at radius 2 is 1.25 bits per heavy atom. The van der Waals surface area contributed by atoms with Gasteiger partial charge in [-0.25, -0.2) is 0 Å². The molecule has 0 bridgehead atoms. The Morgan fingerprint density at radius 1 is 0.850 bits per heavy atom. The molecule has 0 fully saturated rings. The highest BCUT2D eigenvalue weighted by molar-refractivity contribution is 7.33. The molecule has 0 aliphatic rings. The summed E-state index contributed by atoms with van der Waals surface area (Å²) in [6, 6.07) is 0. The summed E-state index contributed by atoms with van der Waals surface area (Å²) in [6.45, 7) is 9.84. The fourth-order valence-corrected chi connectivity index (χ4v) is 2.91. The summed E-state index contributed by atoms with van der Waals surface area (Å²) >= 11 is 0. The zero-order chi connectivity index (χ0) is 15.2. The van der Waals surface area contributed by atoms with Gasteiger partial charge in [0, 0.05) is 4.57 Å². The van der Waals surface area contributed by atoms with Crippen molar-refractivity contribution in [3.63, 3.8) is 0 Å². The Bertz CT molecular complexity index is 218. The number of hydrogen-bond acceptors (Lipinski definition) is 3. The van der Waals surface area contributed by atoms with Crippen LogP contribution in [0.2, 0.25) is 0 Å². The van der Waals surface area contributed by atoms with Gasteiger partial charge in [0.15, 0.2) is 0 Å². The van der Waals surface area contributed by atoms with E-state index in [1.54, 1.807) is 0 Å². The lowest BCUT2D eigenvalue weighted by atomic mass is 10.0. The average molecular weight is 306 g/mol. The second-order valence-electron chi connectivity index (χ2n) is 5.65. The molecular weight excluding hydrogens is 271 g/mol. The minimum absolute atomic E-state index is 0. The third kappa shape index (κ3) is 10.8. The van der Waals surface area contributed by atoms with E-state index in [9.17, 15) is 4.57 Å². The lowest BCUT2D eigenvalue weighted by molar-refractivity contribution is 0.167. The predicted octanol–water partition coefficient (Wildman–Crippen LogP) is 6.22. The number of rotatable bonds is 14. The van der Waals surface area contributed by atoms with E-state index in [1.165, 1.54) is 25.7 Å². The Labute approximate surface area is 128 Å². The molecule has 0 amide bonds. The molecule has 0 aromatic heterocycles. The van der Waals surface area contributed by atoms with Gasteiger partial charge in [-0.1, -0.05) is 66.2 Å². The maximum absolute atomic E-state index is 11.7. The van der Waals surface area contributed by atoms with Gasteiger partial charge in [-0.05, 0) is 24.7 Å². The van der Waals surface area contributed by atoms with Crippen LogP contribution >= 0.6 is 8.25 Å². The van der Waals surface area contributed by atoms with Crippen LogP contribution in [-0.4, -0.2) is 13.2 Å². The van der Waals surface area contributed by atoms with E-state index in [4.69, 9.17) is 9.05 Å². The highest BCUT2D eigenvalue weighted by Crippen LogP contribution is 2.28. The van der Waals surface area contributed by atoms with Crippen LogP contribution in [0.5, 0.6) is 0 Å². The molecule has 120 valence electrons. The molecule has 0 saturated carbocycles. The normalized spacial score (nSPS) is 15.1. The van der Waals surface area contributed by atoms with Crippen molar-refractivity contribution in [1.29, 1.82) is 0 Å². The molecule has 3 nitrogen and oxygen atoms in total. The molecule has 0 rings (SSSR count). The topological polar surface area (TPSA) is 35.5 Å². The smallest absolute Gasteiger partial charge is 0.119 e. The molecule has 20 heavy (non-hydrogen) atoms. The fourth-order valence-electron chi connectivity index (χ4n) is 2.17. The Morgan fingerprint density at radius 3 is 1.55 bits per heavy atom. The molecule has 0 aliphatic heterocycles. The highest BCUT2D eigenvalue weighted by atomic mass is 31.1. The summed E-state index contributed by atoms with van der Waals surface area (Å²) in [6.07, 6.45) is 9.31. The minimum Gasteiger partial charge on any atom is -0.119 e. The molecule has 4 heteroatoms. The quantitative estimate of drug-likeness (QED) is 0.357. The standard InChI is InChI=1S/C16H34O3P/c1-5-9-11-15(7-3)13-18-20(17)19-14-16(8-4)12-10-6-2/h15-16H,5-14H2,1-4H3/q+1/p+1. The SMILES string of the molecule is CCCCC(CC)CO[P+](=O)OCC(CC)CCCC.[H+]. The minimum atomic E-state index is -1.94. The van der Waals surface area contributed by atoms with E-state index in [-0.39, 0.29) is 1.43 Å². The average Bonchev–Trinajstić information content (AvgIpc) is 2.47. The molecule has 0 heterocycles. The van der Waals surface area contributed by atoms with Crippen LogP contribution in [-0.2, 0) is 13.6 Å². The van der Waals surface area contributed by atoms with Crippen LogP contribution in [0.3, 0.4) is 0 Å². The van der Waals surface area contributed by atoms with Crippen molar-refractivity contribution < 1.29 is 15.0 Å². The first-order valence-electron chi connectivity index (χ1n) is 8.40. The van der Waals surface area contributed by atoms with Crippen LogP contribution in [0.1, 0.15) is 80.5 Å². The third-order valence-electron chi connectivity index (χ3n) is 3.92. The Balaban J connectivity index is 0. The first kappa shape index (κ1) is 20.0. The van der Waals surface area contributed by atoms with Crippen molar-refractivity contribution in [1.82, 2.24) is 0 Å². The van der Waals surface area contributed by atoms with Gasteiger partial charge in [-0.15, -0.1) is 9.05 Å². The van der Waals surface area contributed by atoms with Crippen molar-refractivity contribution in [3.05, 3.63) is 0 Å². The van der Waals surface area contributed by atoms with Crippen LogP contribution in [0.15, 0.2) is 0 Å². The first-order valence-corrected chi connectivity index (χ1v) is 9.50. The Kier molecular flexibility index (Phi) is 14.0.